The predicted octanol–water partition coefficient (Wildman–Crippen LogP) is 4.41. The monoisotopic (exact) mass is 368 g/mol. The number of methoxy groups -OCH3 is 1. The molecule has 2 aromatic rings. The molecule has 0 amide bonds. The third-order valence-corrected chi connectivity index (χ3v) is 4.42. The highest BCUT2D eigenvalue weighted by Gasteiger charge is 2.24. The second-order valence-corrected chi connectivity index (χ2v) is 7.30. The minimum absolute atomic E-state index is 0.117. The molecule has 0 aromatic heterocycles. The number of benzene rings is 2. The van der Waals surface area contributed by atoms with Gasteiger partial charge in [0.05, 0.1) is 32.5 Å². The first-order chi connectivity index (χ1) is 12.9. The highest BCUT2D eigenvalue weighted by Crippen LogP contribution is 2.37. The fraction of sp³-hybridized carbons (Fsp3) is 0.318. The molecule has 0 spiro atoms. The van der Waals surface area contributed by atoms with E-state index < -0.39 is 5.97 Å². The SMILES string of the molecule is COc1ccc2c(c1)C(COCc1ccc(C(=O)O)cc1)=CC(C)(C)CO2. The van der Waals surface area contributed by atoms with Gasteiger partial charge in [-0.3, -0.25) is 0 Å². The standard InChI is InChI=1S/C22H24O5/c1-22(2)11-17(19-10-18(25-3)8-9-20(19)27-14-22)13-26-12-15-4-6-16(7-5-15)21(23)24/h4-11H,12-14H2,1-3H3,(H,23,24). The molecule has 0 bridgehead atoms. The van der Waals surface area contributed by atoms with Gasteiger partial charge >= 0.3 is 5.97 Å². The third-order valence-electron chi connectivity index (χ3n) is 4.42. The molecule has 0 radical (unpaired) electrons. The number of carboxylic acids is 1. The summed E-state index contributed by atoms with van der Waals surface area (Å²) in [5.74, 6) is 0.660. The molecule has 1 N–H and O–H groups in total. The molecule has 1 aliphatic rings. The largest absolute Gasteiger partial charge is 0.497 e. The Hall–Kier alpha value is -2.79. The molecular weight excluding hydrogens is 344 g/mol. The number of ether oxygens (including phenoxy) is 3. The molecule has 3 rings (SSSR count). The van der Waals surface area contributed by atoms with Crippen molar-refractivity contribution in [2.24, 2.45) is 5.41 Å². The molecular formula is C22H24O5. The Labute approximate surface area is 159 Å². The van der Waals surface area contributed by atoms with Crippen LogP contribution in [0.15, 0.2) is 48.5 Å². The maximum atomic E-state index is 10.9. The lowest BCUT2D eigenvalue weighted by Crippen LogP contribution is -2.17. The third kappa shape index (κ3) is 4.68. The number of carbonyl (C=O) groups is 1. The zero-order valence-corrected chi connectivity index (χ0v) is 15.8. The van der Waals surface area contributed by atoms with Crippen molar-refractivity contribution in [3.63, 3.8) is 0 Å². The lowest BCUT2D eigenvalue weighted by atomic mass is 9.90. The van der Waals surface area contributed by atoms with Gasteiger partial charge in [0.15, 0.2) is 0 Å². The quantitative estimate of drug-likeness (QED) is 0.818. The van der Waals surface area contributed by atoms with Crippen LogP contribution in [0.1, 0.15) is 35.3 Å². The van der Waals surface area contributed by atoms with Gasteiger partial charge in [-0.25, -0.2) is 4.79 Å². The zero-order valence-electron chi connectivity index (χ0n) is 15.8. The maximum absolute atomic E-state index is 10.9. The van der Waals surface area contributed by atoms with Gasteiger partial charge in [0.2, 0.25) is 0 Å². The molecule has 0 aliphatic carbocycles. The summed E-state index contributed by atoms with van der Waals surface area (Å²) in [6.45, 7) is 5.67. The smallest absolute Gasteiger partial charge is 0.335 e. The highest BCUT2D eigenvalue weighted by atomic mass is 16.5. The van der Waals surface area contributed by atoms with Crippen LogP contribution in [0, 0.1) is 5.41 Å². The molecule has 27 heavy (non-hydrogen) atoms. The minimum atomic E-state index is -0.932. The Morgan fingerprint density at radius 2 is 1.89 bits per heavy atom. The lowest BCUT2D eigenvalue weighted by Gasteiger charge is -2.18. The van der Waals surface area contributed by atoms with Gasteiger partial charge in [-0.1, -0.05) is 32.1 Å². The van der Waals surface area contributed by atoms with Crippen molar-refractivity contribution in [2.75, 3.05) is 20.3 Å². The molecule has 0 unspecified atom stereocenters. The first-order valence-electron chi connectivity index (χ1n) is 8.81. The van der Waals surface area contributed by atoms with Crippen LogP contribution in [0.3, 0.4) is 0 Å². The Morgan fingerprint density at radius 3 is 2.56 bits per heavy atom. The summed E-state index contributed by atoms with van der Waals surface area (Å²) < 4.78 is 17.3. The summed E-state index contributed by atoms with van der Waals surface area (Å²) in [7, 11) is 1.64. The molecule has 142 valence electrons. The normalized spacial score (nSPS) is 15.1. The molecule has 1 heterocycles. The van der Waals surface area contributed by atoms with E-state index in [4.69, 9.17) is 19.3 Å². The Balaban J connectivity index is 1.76. The van der Waals surface area contributed by atoms with E-state index in [9.17, 15) is 4.79 Å². The first kappa shape index (κ1) is 19.0. The van der Waals surface area contributed by atoms with Crippen LogP contribution >= 0.6 is 0 Å². The number of hydrogen-bond donors (Lipinski definition) is 1. The summed E-state index contributed by atoms with van der Waals surface area (Å²) >= 11 is 0. The Morgan fingerprint density at radius 1 is 1.15 bits per heavy atom. The highest BCUT2D eigenvalue weighted by molar-refractivity contribution is 5.87. The summed E-state index contributed by atoms with van der Waals surface area (Å²) in [5.41, 5.74) is 3.10. The van der Waals surface area contributed by atoms with Crippen LogP contribution in [0.2, 0.25) is 0 Å². The van der Waals surface area contributed by atoms with Crippen LogP contribution in [0.5, 0.6) is 11.5 Å². The Bertz CT molecular complexity index is 850. The van der Waals surface area contributed by atoms with E-state index in [2.05, 4.69) is 19.9 Å². The van der Waals surface area contributed by atoms with E-state index in [0.29, 0.717) is 19.8 Å². The fourth-order valence-corrected chi connectivity index (χ4v) is 3.01. The Kier molecular flexibility index (Phi) is 5.51. The number of fused-ring (bicyclic) bond motifs is 1. The van der Waals surface area contributed by atoms with E-state index in [1.165, 1.54) is 0 Å². The second kappa shape index (κ2) is 7.84. The average Bonchev–Trinajstić information content (AvgIpc) is 2.78. The molecule has 0 atom stereocenters. The fourth-order valence-electron chi connectivity index (χ4n) is 3.01. The van der Waals surface area contributed by atoms with E-state index in [1.54, 1.807) is 31.4 Å². The molecule has 2 aromatic carbocycles. The molecule has 0 saturated carbocycles. The van der Waals surface area contributed by atoms with Gasteiger partial charge in [-0.2, -0.15) is 0 Å². The van der Waals surface area contributed by atoms with Gasteiger partial charge < -0.3 is 19.3 Å². The van der Waals surface area contributed by atoms with Crippen LogP contribution in [0.25, 0.3) is 5.57 Å². The van der Waals surface area contributed by atoms with Crippen molar-refractivity contribution in [1.29, 1.82) is 0 Å². The van der Waals surface area contributed by atoms with Crippen molar-refractivity contribution in [3.05, 3.63) is 65.2 Å². The summed E-state index contributed by atoms with van der Waals surface area (Å²) in [6.07, 6.45) is 2.19. The van der Waals surface area contributed by atoms with E-state index in [-0.39, 0.29) is 11.0 Å². The molecule has 0 saturated heterocycles. The van der Waals surface area contributed by atoms with Crippen molar-refractivity contribution in [1.82, 2.24) is 0 Å². The van der Waals surface area contributed by atoms with Gasteiger partial charge in [0.1, 0.15) is 11.5 Å². The van der Waals surface area contributed by atoms with E-state index in [0.717, 1.165) is 28.2 Å². The van der Waals surface area contributed by atoms with Crippen LogP contribution in [0.4, 0.5) is 0 Å². The van der Waals surface area contributed by atoms with Crippen LogP contribution in [-0.2, 0) is 11.3 Å². The van der Waals surface area contributed by atoms with E-state index >= 15 is 0 Å². The lowest BCUT2D eigenvalue weighted by molar-refractivity contribution is 0.0696. The van der Waals surface area contributed by atoms with Gasteiger partial charge in [-0.15, -0.1) is 0 Å². The first-order valence-corrected chi connectivity index (χ1v) is 8.81. The molecule has 5 nitrogen and oxygen atoms in total. The van der Waals surface area contributed by atoms with Gasteiger partial charge in [-0.05, 0) is 41.5 Å². The number of carboxylic acid groups (broad SMARTS) is 1. The van der Waals surface area contributed by atoms with Gasteiger partial charge in [0.25, 0.3) is 0 Å². The summed E-state index contributed by atoms with van der Waals surface area (Å²) in [5, 5.41) is 8.97. The van der Waals surface area contributed by atoms with Crippen molar-refractivity contribution in [3.8, 4) is 11.5 Å². The predicted molar refractivity (Wildman–Crippen MR) is 103 cm³/mol. The topological polar surface area (TPSA) is 65.0 Å². The molecule has 1 aliphatic heterocycles. The zero-order chi connectivity index (χ0) is 19.4. The minimum Gasteiger partial charge on any atom is -0.497 e. The average molecular weight is 368 g/mol. The van der Waals surface area contributed by atoms with Crippen LogP contribution in [-0.4, -0.2) is 31.4 Å². The van der Waals surface area contributed by atoms with Crippen molar-refractivity contribution in [2.45, 2.75) is 20.5 Å². The van der Waals surface area contributed by atoms with E-state index in [1.807, 2.05) is 18.2 Å². The molecule has 0 fully saturated rings. The van der Waals surface area contributed by atoms with Crippen molar-refractivity contribution >= 4 is 11.5 Å². The maximum Gasteiger partial charge on any atom is 0.335 e. The number of hydrogen-bond acceptors (Lipinski definition) is 4. The van der Waals surface area contributed by atoms with Crippen LogP contribution < -0.4 is 9.47 Å². The molecule has 5 heteroatoms. The summed E-state index contributed by atoms with van der Waals surface area (Å²) in [4.78, 5) is 10.9. The van der Waals surface area contributed by atoms with Gasteiger partial charge in [0, 0.05) is 11.0 Å². The van der Waals surface area contributed by atoms with Crippen molar-refractivity contribution < 1.29 is 24.1 Å². The number of aromatic carboxylic acids is 1. The second-order valence-electron chi connectivity index (χ2n) is 7.30. The summed E-state index contributed by atoms with van der Waals surface area (Å²) in [6, 6.07) is 12.5. The number of rotatable bonds is 6.